The summed E-state index contributed by atoms with van der Waals surface area (Å²) in [5.41, 5.74) is 5.85. The quantitative estimate of drug-likeness (QED) is 0.599. The van der Waals surface area contributed by atoms with Crippen LogP contribution in [0.3, 0.4) is 0 Å². The minimum Gasteiger partial charge on any atom is -0.469 e. The molecule has 106 valence electrons. The van der Waals surface area contributed by atoms with Gasteiger partial charge in [-0.2, -0.15) is 0 Å². The van der Waals surface area contributed by atoms with Gasteiger partial charge in [0.15, 0.2) is 0 Å². The van der Waals surface area contributed by atoms with Crippen LogP contribution >= 0.6 is 0 Å². The number of rotatable bonds is 5. The molecule has 2 heteroatoms. The van der Waals surface area contributed by atoms with Crippen molar-refractivity contribution in [3.05, 3.63) is 89.7 Å². The fraction of sp³-hybridized carbons (Fsp3) is 0.158. The van der Waals surface area contributed by atoms with Crippen molar-refractivity contribution in [3.63, 3.8) is 0 Å². The van der Waals surface area contributed by atoms with Crippen molar-refractivity contribution in [2.24, 2.45) is 0 Å². The van der Waals surface area contributed by atoms with Gasteiger partial charge in [0.25, 0.3) is 0 Å². The predicted octanol–water partition coefficient (Wildman–Crippen LogP) is 4.10. The van der Waals surface area contributed by atoms with Crippen LogP contribution < -0.4 is 0 Å². The number of allylic oxidation sites excluding steroid dienone is 6. The fourth-order valence-electron chi connectivity index (χ4n) is 2.22. The summed E-state index contributed by atoms with van der Waals surface area (Å²) in [7, 11) is 1.42. The Morgan fingerprint density at radius 1 is 1.29 bits per heavy atom. The Labute approximate surface area is 125 Å². The molecule has 21 heavy (non-hydrogen) atoms. The molecular formula is C19H18O2. The Bertz CT molecular complexity index is 641. The summed E-state index contributed by atoms with van der Waals surface area (Å²) in [6, 6.07) is 9.65. The minimum atomic E-state index is -0.335. The highest BCUT2D eigenvalue weighted by Gasteiger charge is 2.22. The smallest absolute Gasteiger partial charge is 0.313 e. The zero-order valence-corrected chi connectivity index (χ0v) is 12.1. The Balaban J connectivity index is 2.20. The molecule has 0 spiro atoms. The van der Waals surface area contributed by atoms with E-state index in [1.54, 1.807) is 0 Å². The van der Waals surface area contributed by atoms with Crippen LogP contribution in [0.25, 0.3) is 0 Å². The van der Waals surface area contributed by atoms with Gasteiger partial charge in [-0.25, -0.2) is 0 Å². The maximum atomic E-state index is 12.1. The molecule has 1 aromatic carbocycles. The highest BCUT2D eigenvalue weighted by molar-refractivity contribution is 5.78. The Morgan fingerprint density at radius 2 is 2.05 bits per heavy atom. The number of hydrogen-bond donors (Lipinski definition) is 0. The van der Waals surface area contributed by atoms with E-state index in [0.29, 0.717) is 6.42 Å². The second-order valence-electron chi connectivity index (χ2n) is 4.78. The van der Waals surface area contributed by atoms with Crippen LogP contribution in [0.1, 0.15) is 17.9 Å². The third-order valence-electron chi connectivity index (χ3n) is 3.37. The van der Waals surface area contributed by atoms with Crippen LogP contribution in [0.15, 0.2) is 84.2 Å². The van der Waals surface area contributed by atoms with Crippen molar-refractivity contribution in [2.45, 2.75) is 12.3 Å². The average molecular weight is 278 g/mol. The monoisotopic (exact) mass is 278 g/mol. The van der Waals surface area contributed by atoms with Gasteiger partial charge < -0.3 is 4.74 Å². The molecule has 2 nitrogen and oxygen atoms in total. The molecule has 0 heterocycles. The van der Waals surface area contributed by atoms with E-state index in [1.807, 2.05) is 60.7 Å². The van der Waals surface area contributed by atoms with Crippen LogP contribution in [0.2, 0.25) is 0 Å². The SMILES string of the molecule is C=C(CC(C(=O)OC)c1ccccc1)C1=CC=C=CC=C1. The zero-order chi connectivity index (χ0) is 15.1. The van der Waals surface area contributed by atoms with E-state index in [1.165, 1.54) is 7.11 Å². The topological polar surface area (TPSA) is 26.3 Å². The fourth-order valence-corrected chi connectivity index (χ4v) is 2.22. The molecule has 0 N–H and O–H groups in total. The molecule has 1 atom stereocenters. The van der Waals surface area contributed by atoms with E-state index in [4.69, 9.17) is 4.74 Å². The maximum absolute atomic E-state index is 12.1. The van der Waals surface area contributed by atoms with Gasteiger partial charge in [0.2, 0.25) is 0 Å². The lowest BCUT2D eigenvalue weighted by molar-refractivity contribution is -0.142. The molecule has 2 rings (SSSR count). The van der Waals surface area contributed by atoms with Gasteiger partial charge in [-0.3, -0.25) is 4.79 Å². The van der Waals surface area contributed by atoms with E-state index in [-0.39, 0.29) is 11.9 Å². The summed E-state index contributed by atoms with van der Waals surface area (Å²) in [6.07, 6.45) is 10.0. The predicted molar refractivity (Wildman–Crippen MR) is 84.8 cm³/mol. The molecule has 1 aliphatic rings. The molecule has 1 unspecified atom stereocenters. The van der Waals surface area contributed by atoms with E-state index < -0.39 is 0 Å². The molecule has 0 fully saturated rings. The van der Waals surface area contributed by atoms with Gasteiger partial charge in [0, 0.05) is 0 Å². The summed E-state index contributed by atoms with van der Waals surface area (Å²) < 4.78 is 4.94. The van der Waals surface area contributed by atoms with Crippen LogP contribution in [0, 0.1) is 0 Å². The Hall–Kier alpha value is -2.57. The molecule has 0 amide bonds. The third-order valence-corrected chi connectivity index (χ3v) is 3.37. The van der Waals surface area contributed by atoms with Crippen LogP contribution in [0.5, 0.6) is 0 Å². The largest absolute Gasteiger partial charge is 0.469 e. The van der Waals surface area contributed by atoms with Gasteiger partial charge in [0.05, 0.1) is 13.0 Å². The summed E-state index contributed by atoms with van der Waals surface area (Å²) in [5, 5.41) is 0. The molecule has 1 aromatic rings. The highest BCUT2D eigenvalue weighted by atomic mass is 16.5. The van der Waals surface area contributed by atoms with Crippen LogP contribution in [-0.4, -0.2) is 13.1 Å². The van der Waals surface area contributed by atoms with Crippen molar-refractivity contribution >= 4 is 5.97 Å². The van der Waals surface area contributed by atoms with Crippen molar-refractivity contribution in [1.29, 1.82) is 0 Å². The van der Waals surface area contributed by atoms with E-state index in [0.717, 1.165) is 16.7 Å². The summed E-state index contributed by atoms with van der Waals surface area (Å²) in [4.78, 5) is 12.1. The number of carbonyl (C=O) groups is 1. The zero-order valence-electron chi connectivity index (χ0n) is 12.1. The molecule has 0 aliphatic heterocycles. The lowest BCUT2D eigenvalue weighted by Gasteiger charge is -2.17. The molecule has 0 aromatic heterocycles. The molecule has 0 bridgehead atoms. The van der Waals surface area contributed by atoms with Gasteiger partial charge in [-0.1, -0.05) is 49.1 Å². The first-order chi connectivity index (χ1) is 10.2. The lowest BCUT2D eigenvalue weighted by Crippen LogP contribution is -2.15. The maximum Gasteiger partial charge on any atom is 0.313 e. The van der Waals surface area contributed by atoms with Crippen molar-refractivity contribution in [2.75, 3.05) is 7.11 Å². The van der Waals surface area contributed by atoms with Gasteiger partial charge in [-0.05, 0) is 41.4 Å². The Kier molecular flexibility index (Phi) is 5.14. The first-order valence-electron chi connectivity index (χ1n) is 6.82. The number of carbonyl (C=O) groups excluding carboxylic acids is 1. The minimum absolute atomic E-state index is 0.241. The van der Waals surface area contributed by atoms with Crippen molar-refractivity contribution in [1.82, 2.24) is 0 Å². The molecule has 0 saturated carbocycles. The van der Waals surface area contributed by atoms with Crippen molar-refractivity contribution in [3.8, 4) is 0 Å². The number of esters is 1. The van der Waals surface area contributed by atoms with Gasteiger partial charge >= 0.3 is 5.97 Å². The number of methoxy groups -OCH3 is 1. The first kappa shape index (κ1) is 14.8. The van der Waals surface area contributed by atoms with Crippen LogP contribution in [0.4, 0.5) is 0 Å². The van der Waals surface area contributed by atoms with Gasteiger partial charge in [0.1, 0.15) is 0 Å². The number of hydrogen-bond acceptors (Lipinski definition) is 2. The molecular weight excluding hydrogens is 260 g/mol. The second-order valence-corrected chi connectivity index (χ2v) is 4.78. The van der Waals surface area contributed by atoms with E-state index in [2.05, 4.69) is 12.3 Å². The lowest BCUT2D eigenvalue weighted by atomic mass is 9.89. The summed E-state index contributed by atoms with van der Waals surface area (Å²) in [6.45, 7) is 4.11. The molecule has 0 saturated heterocycles. The molecule has 1 aliphatic carbocycles. The normalized spacial score (nSPS) is 14.2. The van der Waals surface area contributed by atoms with E-state index in [9.17, 15) is 4.79 Å². The molecule has 0 radical (unpaired) electrons. The number of benzene rings is 1. The highest BCUT2D eigenvalue weighted by Crippen LogP contribution is 2.28. The third kappa shape index (κ3) is 3.95. The Morgan fingerprint density at radius 3 is 2.76 bits per heavy atom. The van der Waals surface area contributed by atoms with Crippen molar-refractivity contribution < 1.29 is 9.53 Å². The standard InChI is InChI=1S/C19H18O2/c1-15(16-10-6-3-4-7-11-16)14-18(19(20)21-2)17-12-8-5-9-13-17/h3,5-13,18H,1,14H2,2H3. The first-order valence-corrected chi connectivity index (χ1v) is 6.82. The van der Waals surface area contributed by atoms with Gasteiger partial charge in [-0.15, -0.1) is 5.73 Å². The van der Waals surface area contributed by atoms with E-state index >= 15 is 0 Å². The number of ether oxygens (including phenoxy) is 1. The average Bonchev–Trinajstić information content (AvgIpc) is 2.82. The second kappa shape index (κ2) is 7.28. The summed E-state index contributed by atoms with van der Waals surface area (Å²) >= 11 is 0. The van der Waals surface area contributed by atoms with Crippen LogP contribution in [-0.2, 0) is 9.53 Å². The summed E-state index contributed by atoms with van der Waals surface area (Å²) in [5.74, 6) is -0.576.